The summed E-state index contributed by atoms with van der Waals surface area (Å²) in [6, 6.07) is 3.63. The Kier molecular flexibility index (Phi) is 6.18. The third kappa shape index (κ3) is 4.78. The van der Waals surface area contributed by atoms with Crippen LogP contribution in [0.25, 0.3) is 0 Å². The zero-order chi connectivity index (χ0) is 15.2. The largest absolute Gasteiger partial charge is 0.370 e. The Balaban J connectivity index is 2.02. The summed E-state index contributed by atoms with van der Waals surface area (Å²) < 4.78 is 0. The van der Waals surface area contributed by atoms with Crippen molar-refractivity contribution in [3.63, 3.8) is 0 Å². The first kappa shape index (κ1) is 16.4. The van der Waals surface area contributed by atoms with E-state index in [1.807, 2.05) is 18.7 Å². The highest BCUT2D eigenvalue weighted by atomic mass is 35.5. The lowest BCUT2D eigenvalue weighted by Crippen LogP contribution is -2.39. The SMILES string of the molecule is CCNc1cc(C(=O)NC2CCCC(SC)C2)cc(Cl)n1. The Morgan fingerprint density at radius 3 is 3.00 bits per heavy atom. The molecule has 1 aromatic rings. The summed E-state index contributed by atoms with van der Waals surface area (Å²) >= 11 is 7.88. The zero-order valence-electron chi connectivity index (χ0n) is 12.5. The van der Waals surface area contributed by atoms with Crippen molar-refractivity contribution in [2.45, 2.75) is 43.9 Å². The van der Waals surface area contributed by atoms with Gasteiger partial charge in [0.1, 0.15) is 11.0 Å². The first-order chi connectivity index (χ1) is 10.1. The summed E-state index contributed by atoms with van der Waals surface area (Å²) in [4.78, 5) is 16.5. The number of carbonyl (C=O) groups excluding carboxylic acids is 1. The minimum absolute atomic E-state index is 0.0646. The van der Waals surface area contributed by atoms with Crippen molar-refractivity contribution in [2.24, 2.45) is 0 Å². The summed E-state index contributed by atoms with van der Waals surface area (Å²) in [5, 5.41) is 7.21. The third-order valence-electron chi connectivity index (χ3n) is 3.71. The highest BCUT2D eigenvalue weighted by Gasteiger charge is 2.23. The fourth-order valence-corrected chi connectivity index (χ4v) is 3.69. The fraction of sp³-hybridized carbons (Fsp3) is 0.600. The van der Waals surface area contributed by atoms with Gasteiger partial charge in [-0.05, 0) is 44.6 Å². The van der Waals surface area contributed by atoms with E-state index in [0.29, 0.717) is 21.8 Å². The number of anilines is 1. The lowest BCUT2D eigenvalue weighted by atomic mass is 9.94. The minimum atomic E-state index is -0.0646. The maximum absolute atomic E-state index is 12.4. The second-order valence-corrected chi connectivity index (χ2v) is 6.81. The van der Waals surface area contributed by atoms with Gasteiger partial charge in [-0.2, -0.15) is 11.8 Å². The zero-order valence-corrected chi connectivity index (χ0v) is 14.1. The number of rotatable bonds is 5. The molecule has 1 heterocycles. The average molecular weight is 328 g/mol. The molecule has 1 aliphatic rings. The van der Waals surface area contributed by atoms with Crippen molar-refractivity contribution in [1.82, 2.24) is 10.3 Å². The molecule has 2 rings (SSSR count). The first-order valence-corrected chi connectivity index (χ1v) is 9.04. The molecule has 116 valence electrons. The minimum Gasteiger partial charge on any atom is -0.370 e. The molecule has 1 aliphatic carbocycles. The number of carbonyl (C=O) groups is 1. The quantitative estimate of drug-likeness (QED) is 0.812. The van der Waals surface area contributed by atoms with Crippen LogP contribution in [-0.4, -0.2) is 35.0 Å². The van der Waals surface area contributed by atoms with Gasteiger partial charge in [0.15, 0.2) is 0 Å². The molecule has 1 fully saturated rings. The summed E-state index contributed by atoms with van der Waals surface area (Å²) in [6.07, 6.45) is 6.67. The van der Waals surface area contributed by atoms with E-state index in [-0.39, 0.29) is 11.9 Å². The molecule has 2 atom stereocenters. The first-order valence-electron chi connectivity index (χ1n) is 7.37. The van der Waals surface area contributed by atoms with Gasteiger partial charge in [-0.15, -0.1) is 0 Å². The predicted molar refractivity (Wildman–Crippen MR) is 90.4 cm³/mol. The normalized spacial score (nSPS) is 21.9. The Bertz CT molecular complexity index is 498. The van der Waals surface area contributed by atoms with Crippen LogP contribution in [0, 0.1) is 0 Å². The molecule has 1 amide bonds. The van der Waals surface area contributed by atoms with Gasteiger partial charge >= 0.3 is 0 Å². The third-order valence-corrected chi connectivity index (χ3v) is 5.00. The maximum atomic E-state index is 12.4. The van der Waals surface area contributed by atoms with E-state index in [1.54, 1.807) is 12.1 Å². The molecule has 2 N–H and O–H groups in total. The van der Waals surface area contributed by atoms with Gasteiger partial charge in [0, 0.05) is 23.4 Å². The van der Waals surface area contributed by atoms with Crippen LogP contribution in [-0.2, 0) is 0 Å². The molecule has 21 heavy (non-hydrogen) atoms. The number of halogens is 1. The number of nitrogens with zero attached hydrogens (tertiary/aromatic N) is 1. The summed E-state index contributed by atoms with van der Waals surface area (Å²) in [5.41, 5.74) is 0.567. The molecule has 0 radical (unpaired) electrons. The Labute approximate surface area is 135 Å². The van der Waals surface area contributed by atoms with Crippen LogP contribution in [0.4, 0.5) is 5.82 Å². The molecule has 1 saturated carbocycles. The van der Waals surface area contributed by atoms with Gasteiger partial charge < -0.3 is 10.6 Å². The predicted octanol–water partition coefficient (Wildman–Crippen LogP) is 3.57. The van der Waals surface area contributed by atoms with Crippen LogP contribution in [0.3, 0.4) is 0 Å². The van der Waals surface area contributed by atoms with Crippen LogP contribution >= 0.6 is 23.4 Å². The number of aromatic nitrogens is 1. The molecule has 0 aliphatic heterocycles. The number of hydrogen-bond donors (Lipinski definition) is 2. The summed E-state index contributed by atoms with van der Waals surface area (Å²) in [5.74, 6) is 0.575. The van der Waals surface area contributed by atoms with Crippen molar-refractivity contribution in [3.05, 3.63) is 22.8 Å². The van der Waals surface area contributed by atoms with Gasteiger partial charge in [0.05, 0.1) is 0 Å². The molecule has 0 aromatic carbocycles. The second kappa shape index (κ2) is 7.90. The van der Waals surface area contributed by atoms with E-state index in [0.717, 1.165) is 19.4 Å². The molecule has 0 spiro atoms. The smallest absolute Gasteiger partial charge is 0.251 e. The van der Waals surface area contributed by atoms with Crippen molar-refractivity contribution >= 4 is 35.1 Å². The highest BCUT2D eigenvalue weighted by molar-refractivity contribution is 7.99. The number of amides is 1. The lowest BCUT2D eigenvalue weighted by molar-refractivity contribution is 0.0928. The van der Waals surface area contributed by atoms with E-state index in [2.05, 4.69) is 21.9 Å². The van der Waals surface area contributed by atoms with Crippen LogP contribution in [0.1, 0.15) is 43.0 Å². The number of nitrogens with one attached hydrogen (secondary N) is 2. The Morgan fingerprint density at radius 2 is 2.29 bits per heavy atom. The van der Waals surface area contributed by atoms with Crippen LogP contribution in [0.2, 0.25) is 5.15 Å². The van der Waals surface area contributed by atoms with E-state index < -0.39 is 0 Å². The van der Waals surface area contributed by atoms with Crippen molar-refractivity contribution in [3.8, 4) is 0 Å². The Morgan fingerprint density at radius 1 is 1.48 bits per heavy atom. The van der Waals surface area contributed by atoms with E-state index in [1.165, 1.54) is 12.8 Å². The van der Waals surface area contributed by atoms with E-state index in [4.69, 9.17) is 11.6 Å². The van der Waals surface area contributed by atoms with Gasteiger partial charge in [-0.25, -0.2) is 4.98 Å². The van der Waals surface area contributed by atoms with E-state index in [9.17, 15) is 4.79 Å². The molecule has 1 aromatic heterocycles. The maximum Gasteiger partial charge on any atom is 0.251 e. The molecular weight excluding hydrogens is 306 g/mol. The summed E-state index contributed by atoms with van der Waals surface area (Å²) in [7, 11) is 0. The van der Waals surface area contributed by atoms with E-state index >= 15 is 0 Å². The molecule has 0 saturated heterocycles. The van der Waals surface area contributed by atoms with Crippen molar-refractivity contribution < 1.29 is 4.79 Å². The van der Waals surface area contributed by atoms with Gasteiger partial charge in [0.25, 0.3) is 5.91 Å². The number of pyridine rings is 1. The van der Waals surface area contributed by atoms with Gasteiger partial charge in [-0.1, -0.05) is 18.0 Å². The van der Waals surface area contributed by atoms with Crippen LogP contribution < -0.4 is 10.6 Å². The second-order valence-electron chi connectivity index (χ2n) is 5.29. The molecule has 6 heteroatoms. The van der Waals surface area contributed by atoms with Crippen molar-refractivity contribution in [2.75, 3.05) is 18.1 Å². The molecule has 4 nitrogen and oxygen atoms in total. The summed E-state index contributed by atoms with van der Waals surface area (Å²) in [6.45, 7) is 2.72. The fourth-order valence-electron chi connectivity index (χ4n) is 2.66. The topological polar surface area (TPSA) is 54.0 Å². The van der Waals surface area contributed by atoms with Gasteiger partial charge in [0.2, 0.25) is 0 Å². The highest BCUT2D eigenvalue weighted by Crippen LogP contribution is 2.27. The standard InChI is InChI=1S/C15H22ClN3OS/c1-3-17-14-8-10(7-13(16)19-14)15(20)18-11-5-4-6-12(9-11)21-2/h7-8,11-12H,3-6,9H2,1-2H3,(H,17,19)(H,18,20). The monoisotopic (exact) mass is 327 g/mol. The molecular formula is C15H22ClN3OS. The number of thioether (sulfide) groups is 1. The lowest BCUT2D eigenvalue weighted by Gasteiger charge is -2.28. The Hall–Kier alpha value is -0.940. The van der Waals surface area contributed by atoms with Gasteiger partial charge in [-0.3, -0.25) is 4.79 Å². The van der Waals surface area contributed by atoms with Crippen molar-refractivity contribution in [1.29, 1.82) is 0 Å². The van der Waals surface area contributed by atoms with Crippen LogP contribution in [0.5, 0.6) is 0 Å². The number of hydrogen-bond acceptors (Lipinski definition) is 4. The average Bonchev–Trinajstić information content (AvgIpc) is 2.47. The molecule has 2 unspecified atom stereocenters. The molecule has 0 bridgehead atoms. The van der Waals surface area contributed by atoms with Crippen LogP contribution in [0.15, 0.2) is 12.1 Å².